The van der Waals surface area contributed by atoms with E-state index in [1.165, 1.54) is 15.4 Å². The van der Waals surface area contributed by atoms with Gasteiger partial charge in [0.25, 0.3) is 0 Å². The number of benzene rings is 3. The summed E-state index contributed by atoms with van der Waals surface area (Å²) in [4.78, 5) is 32.0. The van der Waals surface area contributed by atoms with Gasteiger partial charge >= 0.3 is 189 Å². The molecular weight excluding hydrogens is 529 g/mol. The molecule has 3 heterocycles. The Morgan fingerprint density at radius 1 is 0.833 bits per heavy atom. The molecule has 3 nitrogen and oxygen atoms in total. The summed E-state index contributed by atoms with van der Waals surface area (Å²) in [5.74, 6) is -0.325. The quantitative estimate of drug-likeness (QED) is 0.130. The summed E-state index contributed by atoms with van der Waals surface area (Å²) in [6.07, 6.45) is 1.81. The van der Waals surface area contributed by atoms with E-state index >= 15 is 0 Å². The average Bonchev–Trinajstić information content (AvgIpc) is 3.58. The monoisotopic (exact) mass is 551 g/mol. The molecule has 0 radical (unpaired) electrons. The number of fused-ring (bicyclic) bond motifs is 4. The van der Waals surface area contributed by atoms with E-state index in [1.54, 1.807) is 11.3 Å². The Balaban J connectivity index is 1.39. The van der Waals surface area contributed by atoms with Gasteiger partial charge in [-0.25, -0.2) is 0 Å². The number of hydrogen-bond donors (Lipinski definition) is 0. The zero-order valence-electron chi connectivity index (χ0n) is 19.7. The number of hydrogen-bond acceptors (Lipinski definition) is 4. The molecule has 2 aliphatic rings. The number of para-hydroxylation sites is 2. The van der Waals surface area contributed by atoms with Crippen LogP contribution in [0.5, 0.6) is 0 Å². The number of rotatable bonds is 2. The fourth-order valence-corrected chi connectivity index (χ4v) is 8.42. The topological polar surface area (TPSA) is 37.4 Å². The van der Waals surface area contributed by atoms with Gasteiger partial charge in [-0.15, -0.1) is 0 Å². The number of nitrogens with zero attached hydrogens (tertiary/aromatic N) is 1. The normalized spacial score (nSPS) is 16.9. The summed E-state index contributed by atoms with van der Waals surface area (Å²) in [6, 6.07) is 26.9. The first kappa shape index (κ1) is 21.8. The van der Waals surface area contributed by atoms with Crippen LogP contribution in [0.25, 0.3) is 15.7 Å². The van der Waals surface area contributed by atoms with Gasteiger partial charge in [0.2, 0.25) is 0 Å². The van der Waals surface area contributed by atoms with E-state index in [0.29, 0.717) is 11.1 Å². The van der Waals surface area contributed by atoms with Crippen molar-refractivity contribution >= 4 is 69.5 Å². The minimum atomic E-state index is -0.216. The maximum atomic E-state index is 13.3. The molecule has 0 saturated heterocycles. The van der Waals surface area contributed by atoms with Gasteiger partial charge in [-0.2, -0.15) is 0 Å². The summed E-state index contributed by atoms with van der Waals surface area (Å²) in [5.41, 5.74) is 5.84. The Hall–Kier alpha value is -3.50. The molecule has 7 rings (SSSR count). The van der Waals surface area contributed by atoms with E-state index in [1.807, 2.05) is 24.3 Å². The number of thiophene rings is 1. The van der Waals surface area contributed by atoms with Crippen molar-refractivity contribution in [2.24, 2.45) is 0 Å². The van der Waals surface area contributed by atoms with Crippen molar-refractivity contribution in [1.29, 1.82) is 0 Å². The Bertz CT molecular complexity index is 1700. The van der Waals surface area contributed by atoms with Crippen LogP contribution in [0.4, 0.5) is 16.4 Å². The van der Waals surface area contributed by atoms with Gasteiger partial charge in [0.05, 0.1) is 0 Å². The number of Topliss-reactive ketones (excluding diaryl/α,β-unsaturated/α-hetero) is 2. The summed E-state index contributed by atoms with van der Waals surface area (Å²) in [7, 11) is 0. The fourth-order valence-electron chi connectivity index (χ4n) is 5.42. The summed E-state index contributed by atoms with van der Waals surface area (Å²) < 4.78 is 1.17. The van der Waals surface area contributed by atoms with Gasteiger partial charge in [0, 0.05) is 0 Å². The van der Waals surface area contributed by atoms with Gasteiger partial charge < -0.3 is 0 Å². The summed E-state index contributed by atoms with van der Waals surface area (Å²) in [6.45, 7) is 4.49. The second kappa shape index (κ2) is 7.75. The van der Waals surface area contributed by atoms with Gasteiger partial charge in [0.1, 0.15) is 0 Å². The van der Waals surface area contributed by atoms with Crippen LogP contribution in [0.2, 0.25) is 0 Å². The second-order valence-corrected chi connectivity index (χ2v) is 12.8. The number of carbonyl (C=O) groups is 2. The van der Waals surface area contributed by atoms with Crippen molar-refractivity contribution in [1.82, 2.24) is 0 Å². The van der Waals surface area contributed by atoms with Crippen molar-refractivity contribution in [3.8, 4) is 0 Å². The molecular formula is C31H21NO2SSe. The van der Waals surface area contributed by atoms with Gasteiger partial charge in [-0.3, -0.25) is 0 Å². The minimum absolute atomic E-state index is 0.158. The standard InChI is InChI=1S/C31H21NO2SSe/c1-31(2)24-10-6-7-11-26(24)32(19-8-4-3-5-9-19)30-25(31)16-20(35-30)15-23-28(33)21-14-18-12-13-36-27(18)17-22(21)29(23)34/h3-17H,1-2H3/b23-15-. The molecule has 36 heavy (non-hydrogen) atoms. The van der Waals surface area contributed by atoms with E-state index in [-0.39, 0.29) is 37.1 Å². The van der Waals surface area contributed by atoms with Crippen molar-refractivity contribution < 1.29 is 9.59 Å². The van der Waals surface area contributed by atoms with Crippen LogP contribution in [0.15, 0.2) is 89.4 Å². The third-order valence-corrected chi connectivity index (χ3v) is 10.2. The van der Waals surface area contributed by atoms with Crippen LogP contribution in [0.1, 0.15) is 50.6 Å². The van der Waals surface area contributed by atoms with Crippen LogP contribution in [0.3, 0.4) is 0 Å². The van der Waals surface area contributed by atoms with Crippen LogP contribution in [-0.4, -0.2) is 26.1 Å². The fraction of sp³-hybridized carbons (Fsp3) is 0.0968. The molecule has 0 spiro atoms. The van der Waals surface area contributed by atoms with Gasteiger partial charge in [0.15, 0.2) is 0 Å². The molecule has 1 aliphatic carbocycles. The van der Waals surface area contributed by atoms with Crippen molar-refractivity contribution in [2.45, 2.75) is 19.3 Å². The van der Waals surface area contributed by atoms with Crippen LogP contribution >= 0.6 is 11.3 Å². The SMILES string of the molecule is CC1(C)c2ccccc2N(c2ccccc2)c2sc(/C=C3/C(=O)c4cc5cc[se]c5cc4C3=O)cc21. The summed E-state index contributed by atoms with van der Waals surface area (Å²) >= 11 is 1.86. The van der Waals surface area contributed by atoms with E-state index in [0.717, 1.165) is 26.6 Å². The van der Waals surface area contributed by atoms with Crippen molar-refractivity contribution in [2.75, 3.05) is 4.90 Å². The third-order valence-electron chi connectivity index (χ3n) is 7.30. The van der Waals surface area contributed by atoms with Crippen molar-refractivity contribution in [3.05, 3.63) is 117 Å². The molecule has 0 saturated carbocycles. The number of ketones is 2. The van der Waals surface area contributed by atoms with E-state index in [9.17, 15) is 9.59 Å². The molecule has 174 valence electrons. The van der Waals surface area contributed by atoms with E-state index < -0.39 is 0 Å². The van der Waals surface area contributed by atoms with Crippen LogP contribution in [0, 0.1) is 0 Å². The molecule has 0 atom stereocenters. The Morgan fingerprint density at radius 2 is 1.56 bits per heavy atom. The second-order valence-electron chi connectivity index (χ2n) is 9.75. The predicted octanol–water partition coefficient (Wildman–Crippen LogP) is 7.53. The summed E-state index contributed by atoms with van der Waals surface area (Å²) in [5, 5.41) is 2.19. The zero-order valence-corrected chi connectivity index (χ0v) is 22.3. The first-order valence-electron chi connectivity index (χ1n) is 11.8. The predicted molar refractivity (Wildman–Crippen MR) is 149 cm³/mol. The molecule has 0 unspecified atom stereocenters. The number of carbonyl (C=O) groups excluding carboxylic acids is 2. The third kappa shape index (κ3) is 3.04. The van der Waals surface area contributed by atoms with Crippen LogP contribution < -0.4 is 4.90 Å². The van der Waals surface area contributed by atoms with Crippen LogP contribution in [-0.2, 0) is 5.41 Å². The zero-order chi connectivity index (χ0) is 24.6. The molecule has 0 amide bonds. The average molecular weight is 551 g/mol. The Kier molecular flexibility index (Phi) is 4.68. The molecule has 0 fully saturated rings. The van der Waals surface area contributed by atoms with Gasteiger partial charge in [-0.1, -0.05) is 30.3 Å². The molecule has 0 N–H and O–H groups in total. The first-order valence-corrected chi connectivity index (χ1v) is 14.5. The molecule has 2 aromatic heterocycles. The molecule has 1 aliphatic heterocycles. The maximum absolute atomic E-state index is 13.3. The van der Waals surface area contributed by atoms with E-state index in [2.05, 4.69) is 84.4 Å². The number of allylic oxidation sites excluding steroid dienone is 1. The number of anilines is 3. The Labute approximate surface area is 219 Å². The molecule has 5 aromatic rings. The first-order chi connectivity index (χ1) is 17.4. The molecule has 5 heteroatoms. The van der Waals surface area contributed by atoms with Gasteiger partial charge in [-0.05, 0) is 0 Å². The molecule has 0 bridgehead atoms. The van der Waals surface area contributed by atoms with Crippen molar-refractivity contribution in [3.63, 3.8) is 0 Å². The Morgan fingerprint density at radius 3 is 2.36 bits per heavy atom. The molecule has 3 aromatic carbocycles. The van der Waals surface area contributed by atoms with E-state index in [4.69, 9.17) is 0 Å².